The number of aryl methyl sites for hydroxylation is 1. The zero-order valence-electron chi connectivity index (χ0n) is 34.7. The Morgan fingerprint density at radius 3 is 1.24 bits per heavy atom. The number of aromatic nitrogens is 2. The summed E-state index contributed by atoms with van der Waals surface area (Å²) in [6.07, 6.45) is 3.45. The van der Waals surface area contributed by atoms with Crippen LogP contribution in [-0.4, -0.2) is 9.13 Å². The van der Waals surface area contributed by atoms with E-state index in [-0.39, 0.29) is 0 Å². The lowest BCUT2D eigenvalue weighted by atomic mass is 9.86. The second-order valence-electron chi connectivity index (χ2n) is 16.7. The zero-order valence-corrected chi connectivity index (χ0v) is 34.7. The van der Waals surface area contributed by atoms with E-state index in [2.05, 4.69) is 228 Å². The number of hydrogen-bond acceptors (Lipinski definition) is 0. The van der Waals surface area contributed by atoms with Gasteiger partial charge in [0, 0.05) is 32.9 Å². The van der Waals surface area contributed by atoms with E-state index < -0.39 is 0 Å². The molecule has 0 bridgehead atoms. The maximum Gasteiger partial charge on any atom is 0.0541 e. The van der Waals surface area contributed by atoms with Crippen molar-refractivity contribution in [2.75, 3.05) is 0 Å². The Labute approximate surface area is 361 Å². The van der Waals surface area contributed by atoms with Gasteiger partial charge in [0.25, 0.3) is 0 Å². The highest BCUT2D eigenvalue weighted by Crippen LogP contribution is 2.44. The molecule has 0 amide bonds. The van der Waals surface area contributed by atoms with Crippen molar-refractivity contribution in [2.24, 2.45) is 0 Å². The third-order valence-corrected chi connectivity index (χ3v) is 13.1. The van der Waals surface area contributed by atoms with Crippen LogP contribution in [0.3, 0.4) is 0 Å². The van der Waals surface area contributed by atoms with Crippen LogP contribution in [0.5, 0.6) is 0 Å². The summed E-state index contributed by atoms with van der Waals surface area (Å²) in [5.41, 5.74) is 16.1. The number of rotatable bonds is 8. The van der Waals surface area contributed by atoms with Gasteiger partial charge in [-0.05, 0) is 134 Å². The molecule has 2 nitrogen and oxygen atoms in total. The van der Waals surface area contributed by atoms with E-state index in [0.717, 1.165) is 12.1 Å². The molecule has 0 aliphatic heterocycles. The summed E-state index contributed by atoms with van der Waals surface area (Å²) in [6, 6.07) is 78.6. The SMILES string of the molecule is CCCCc1ccc2c(c1)c1cc(-c3ccc(-n4c5ccccc5c5ccccc54)cc3)ccc1n2-c1ccc(-c2c3ccccc3c(-c3ccccc3)c3ccccc23)cc1. The van der Waals surface area contributed by atoms with Gasteiger partial charge in [-0.15, -0.1) is 0 Å². The minimum atomic E-state index is 1.09. The average Bonchev–Trinajstić information content (AvgIpc) is 3.85. The van der Waals surface area contributed by atoms with Gasteiger partial charge in [0.2, 0.25) is 0 Å². The van der Waals surface area contributed by atoms with Crippen molar-refractivity contribution in [2.45, 2.75) is 26.2 Å². The van der Waals surface area contributed by atoms with Gasteiger partial charge in [0.05, 0.1) is 22.1 Å². The maximum atomic E-state index is 2.46. The lowest BCUT2D eigenvalue weighted by Crippen LogP contribution is -1.95. The number of hydrogen-bond donors (Lipinski definition) is 0. The predicted molar refractivity (Wildman–Crippen MR) is 265 cm³/mol. The van der Waals surface area contributed by atoms with Crippen molar-refractivity contribution < 1.29 is 0 Å². The summed E-state index contributed by atoms with van der Waals surface area (Å²) in [6.45, 7) is 2.27. The molecule has 0 spiro atoms. The molecular formula is C60H44N2. The molecule has 0 unspecified atom stereocenters. The van der Waals surface area contributed by atoms with Crippen LogP contribution in [0.15, 0.2) is 212 Å². The van der Waals surface area contributed by atoms with E-state index in [4.69, 9.17) is 0 Å². The molecule has 10 aromatic carbocycles. The van der Waals surface area contributed by atoms with Gasteiger partial charge in [0.1, 0.15) is 0 Å². The molecule has 0 fully saturated rings. The van der Waals surface area contributed by atoms with Crippen LogP contribution in [0.25, 0.3) is 110 Å². The molecule has 0 aliphatic carbocycles. The van der Waals surface area contributed by atoms with Gasteiger partial charge >= 0.3 is 0 Å². The summed E-state index contributed by atoms with van der Waals surface area (Å²) in [7, 11) is 0. The van der Waals surface area contributed by atoms with E-state index in [1.165, 1.54) is 123 Å². The first-order valence-corrected chi connectivity index (χ1v) is 22.0. The maximum absolute atomic E-state index is 2.46. The first-order chi connectivity index (χ1) is 30.7. The van der Waals surface area contributed by atoms with Crippen LogP contribution >= 0.6 is 0 Å². The molecule has 294 valence electrons. The molecule has 62 heavy (non-hydrogen) atoms. The van der Waals surface area contributed by atoms with Gasteiger partial charge in [-0.2, -0.15) is 0 Å². The van der Waals surface area contributed by atoms with Crippen LogP contribution in [0, 0.1) is 0 Å². The van der Waals surface area contributed by atoms with Crippen molar-refractivity contribution in [3.63, 3.8) is 0 Å². The number of benzene rings is 10. The quantitative estimate of drug-likeness (QED) is 0.136. The minimum absolute atomic E-state index is 1.09. The molecule has 0 saturated carbocycles. The highest BCUT2D eigenvalue weighted by Gasteiger charge is 2.19. The fraction of sp³-hybridized carbons (Fsp3) is 0.0667. The van der Waals surface area contributed by atoms with Gasteiger partial charge in [-0.25, -0.2) is 0 Å². The summed E-state index contributed by atoms with van der Waals surface area (Å²) in [5.74, 6) is 0. The molecule has 2 heterocycles. The Kier molecular flexibility index (Phi) is 8.64. The summed E-state index contributed by atoms with van der Waals surface area (Å²) in [4.78, 5) is 0. The molecule has 12 aromatic rings. The van der Waals surface area contributed by atoms with Crippen LogP contribution in [0.1, 0.15) is 25.3 Å². The van der Waals surface area contributed by atoms with Crippen LogP contribution in [-0.2, 0) is 6.42 Å². The summed E-state index contributed by atoms with van der Waals surface area (Å²) >= 11 is 0. The zero-order chi connectivity index (χ0) is 41.1. The standard InChI is InChI=1S/C60H44N2/c1-2-3-15-40-26-36-57-53(38-40)54-39-44(41-27-32-45(33-28-41)61-55-24-13-11-18-47(55)48-19-12-14-25-56(48)61)31-37-58(54)62(57)46-34-29-43(30-35-46)60-51-22-9-7-20-49(51)59(42-16-5-4-6-17-42)50-21-8-10-23-52(50)60/h4-14,16-39H,2-3,15H2,1H3. The van der Waals surface area contributed by atoms with E-state index in [1.54, 1.807) is 0 Å². The third-order valence-electron chi connectivity index (χ3n) is 13.1. The normalized spacial score (nSPS) is 11.8. The Balaban J connectivity index is 0.977. The van der Waals surface area contributed by atoms with Gasteiger partial charge < -0.3 is 9.13 Å². The molecule has 0 N–H and O–H groups in total. The Hall–Kier alpha value is -7.68. The summed E-state index contributed by atoms with van der Waals surface area (Å²) < 4.78 is 4.85. The van der Waals surface area contributed by atoms with E-state index in [9.17, 15) is 0 Å². The van der Waals surface area contributed by atoms with Crippen LogP contribution in [0.2, 0.25) is 0 Å². The molecular weight excluding hydrogens is 749 g/mol. The smallest absolute Gasteiger partial charge is 0.0541 e. The minimum Gasteiger partial charge on any atom is -0.309 e. The number of fused-ring (bicyclic) bond motifs is 8. The van der Waals surface area contributed by atoms with E-state index in [1.807, 2.05) is 0 Å². The first kappa shape index (κ1) is 36.2. The lowest BCUT2D eigenvalue weighted by molar-refractivity contribution is 0.796. The van der Waals surface area contributed by atoms with Crippen molar-refractivity contribution in [1.29, 1.82) is 0 Å². The second kappa shape index (κ2) is 14.8. The summed E-state index contributed by atoms with van der Waals surface area (Å²) in [5, 5.41) is 10.2. The topological polar surface area (TPSA) is 9.86 Å². The fourth-order valence-electron chi connectivity index (χ4n) is 10.2. The Morgan fingerprint density at radius 1 is 0.306 bits per heavy atom. The average molecular weight is 793 g/mol. The highest BCUT2D eigenvalue weighted by atomic mass is 15.0. The van der Waals surface area contributed by atoms with E-state index >= 15 is 0 Å². The van der Waals surface area contributed by atoms with Gasteiger partial charge in [-0.1, -0.05) is 165 Å². The molecule has 2 heteroatoms. The lowest BCUT2D eigenvalue weighted by Gasteiger charge is -2.18. The highest BCUT2D eigenvalue weighted by molar-refractivity contribution is 6.21. The number of unbranched alkanes of at least 4 members (excludes halogenated alkanes) is 1. The molecule has 2 aromatic heterocycles. The molecule has 0 radical (unpaired) electrons. The van der Waals surface area contributed by atoms with Crippen molar-refractivity contribution in [3.8, 4) is 44.8 Å². The van der Waals surface area contributed by atoms with Gasteiger partial charge in [0.15, 0.2) is 0 Å². The largest absolute Gasteiger partial charge is 0.309 e. The second-order valence-corrected chi connectivity index (χ2v) is 16.7. The van der Waals surface area contributed by atoms with E-state index in [0.29, 0.717) is 0 Å². The van der Waals surface area contributed by atoms with Crippen molar-refractivity contribution >= 4 is 65.2 Å². The molecule has 0 aliphatic rings. The third kappa shape index (κ3) is 5.79. The Bertz CT molecular complexity index is 3530. The van der Waals surface area contributed by atoms with Crippen molar-refractivity contribution in [1.82, 2.24) is 9.13 Å². The molecule has 0 saturated heterocycles. The van der Waals surface area contributed by atoms with Crippen LogP contribution in [0.4, 0.5) is 0 Å². The number of nitrogens with zero attached hydrogens (tertiary/aromatic N) is 2. The predicted octanol–water partition coefficient (Wildman–Crippen LogP) is 16.5. The molecule has 0 atom stereocenters. The van der Waals surface area contributed by atoms with Crippen molar-refractivity contribution in [3.05, 3.63) is 218 Å². The first-order valence-electron chi connectivity index (χ1n) is 22.0. The number of para-hydroxylation sites is 2. The van der Waals surface area contributed by atoms with Crippen LogP contribution < -0.4 is 0 Å². The molecule has 12 rings (SSSR count). The monoisotopic (exact) mass is 792 g/mol. The fourth-order valence-corrected chi connectivity index (χ4v) is 10.2. The Morgan fingerprint density at radius 2 is 0.710 bits per heavy atom. The van der Waals surface area contributed by atoms with Gasteiger partial charge in [-0.3, -0.25) is 0 Å².